The van der Waals surface area contributed by atoms with E-state index in [2.05, 4.69) is 0 Å². The summed E-state index contributed by atoms with van der Waals surface area (Å²) in [6, 6.07) is 16.8. The van der Waals surface area contributed by atoms with E-state index in [4.69, 9.17) is 0 Å². The van der Waals surface area contributed by atoms with E-state index in [0.717, 1.165) is 5.56 Å². The van der Waals surface area contributed by atoms with Gasteiger partial charge in [0.15, 0.2) is 0 Å². The number of para-hydroxylation sites is 1. The Kier molecular flexibility index (Phi) is 9.45. The molecule has 3 aromatic carbocycles. The predicted molar refractivity (Wildman–Crippen MR) is 167 cm³/mol. The number of likely N-dealkylation sites (tertiary alicyclic amines) is 2. The number of likely N-dealkylation sites (N-methyl/N-ethyl adjacent to an activating group) is 1. The Morgan fingerprint density at radius 2 is 1.35 bits per heavy atom. The molecule has 5 atom stereocenters. The quantitative estimate of drug-likeness (QED) is 0.241. The largest absolute Gasteiger partial charge is 0.416 e. The first-order valence-corrected chi connectivity index (χ1v) is 15.6. The van der Waals surface area contributed by atoms with Crippen molar-refractivity contribution in [1.29, 1.82) is 0 Å². The van der Waals surface area contributed by atoms with Gasteiger partial charge >= 0.3 is 24.3 Å². The van der Waals surface area contributed by atoms with Crippen LogP contribution in [0.4, 0.5) is 36.8 Å². The standard InChI is InChI=1S/C35H38F6N3O4/c1-33(2,23-16-24(34(36,37)38)18-25(17-23)35(39,40)41)31(47)44(3,26-12-8-5-9-13-26)29-20-42(19-27(29)22-10-6-4-7-11-22)32(48)43-15-14-30(46)28(43)21-45/h4-13,16-18,27-30,45-46H,14-15,19-21H2,1-3H3/q+1/t27-,28+,29+,30-,44?/m0/s1. The molecule has 5 rings (SSSR count). The van der Waals surface area contributed by atoms with Gasteiger partial charge in [0.05, 0.1) is 49.4 Å². The molecule has 2 aliphatic heterocycles. The molecule has 0 spiro atoms. The first-order chi connectivity index (χ1) is 22.4. The van der Waals surface area contributed by atoms with Gasteiger partial charge in [-0.05, 0) is 61.7 Å². The highest BCUT2D eigenvalue weighted by atomic mass is 19.4. The number of rotatable bonds is 6. The van der Waals surface area contributed by atoms with Crippen LogP contribution in [0.1, 0.15) is 48.4 Å². The van der Waals surface area contributed by atoms with E-state index >= 15 is 4.79 Å². The number of alkyl halides is 6. The summed E-state index contributed by atoms with van der Waals surface area (Å²) in [6.45, 7) is 2.51. The van der Waals surface area contributed by atoms with Crippen LogP contribution in [0, 0.1) is 0 Å². The molecule has 3 aromatic rings. The minimum Gasteiger partial charge on any atom is -0.394 e. The molecule has 7 nitrogen and oxygen atoms in total. The SMILES string of the molecule is CC(C)(C(=O)[N+](C)(c1ccccc1)[C@@H]1CN(C(=O)N2CC[C@H](O)[C@H]2CO)C[C@H]1c1ccccc1)c1cc(C(F)(F)F)cc(C(F)(F)F)c1. The molecule has 258 valence electrons. The van der Waals surface area contributed by atoms with Gasteiger partial charge in [-0.2, -0.15) is 26.3 Å². The van der Waals surface area contributed by atoms with Crippen molar-refractivity contribution in [2.75, 3.05) is 33.3 Å². The van der Waals surface area contributed by atoms with Gasteiger partial charge in [-0.1, -0.05) is 48.5 Å². The maximum absolute atomic E-state index is 15.1. The van der Waals surface area contributed by atoms with E-state index in [0.29, 0.717) is 17.8 Å². The highest BCUT2D eigenvalue weighted by Crippen LogP contribution is 2.44. The van der Waals surface area contributed by atoms with Crippen LogP contribution in [-0.4, -0.2) is 83.4 Å². The summed E-state index contributed by atoms with van der Waals surface area (Å²) in [5.74, 6) is -1.17. The average Bonchev–Trinajstić information content (AvgIpc) is 3.67. The van der Waals surface area contributed by atoms with Crippen molar-refractivity contribution < 1.29 is 46.1 Å². The minimum atomic E-state index is -5.10. The van der Waals surface area contributed by atoms with Crippen LogP contribution in [0.5, 0.6) is 0 Å². The summed E-state index contributed by atoms with van der Waals surface area (Å²) in [5, 5.41) is 20.3. The van der Waals surface area contributed by atoms with Gasteiger partial charge in [-0.25, -0.2) is 14.1 Å². The maximum atomic E-state index is 15.1. The molecule has 1 unspecified atom stereocenters. The van der Waals surface area contributed by atoms with Gasteiger partial charge < -0.3 is 20.0 Å². The molecule has 3 amide bonds. The molecule has 2 fully saturated rings. The number of amides is 3. The Bertz CT molecular complexity index is 1600. The highest BCUT2D eigenvalue weighted by molar-refractivity contribution is 5.97. The second kappa shape index (κ2) is 12.8. The van der Waals surface area contributed by atoms with Crippen LogP contribution in [0.25, 0.3) is 0 Å². The Morgan fingerprint density at radius 3 is 1.88 bits per heavy atom. The van der Waals surface area contributed by atoms with Crippen molar-refractivity contribution in [3.05, 3.63) is 101 Å². The fraction of sp³-hybridized carbons (Fsp3) is 0.429. The molecule has 0 aliphatic carbocycles. The second-order valence-electron chi connectivity index (χ2n) is 13.2. The zero-order chi connectivity index (χ0) is 35.2. The second-order valence-corrected chi connectivity index (χ2v) is 13.2. The Balaban J connectivity index is 1.65. The van der Waals surface area contributed by atoms with Crippen molar-refractivity contribution in [3.8, 4) is 0 Å². The van der Waals surface area contributed by atoms with E-state index in [9.17, 15) is 41.4 Å². The third kappa shape index (κ3) is 6.42. The third-order valence-corrected chi connectivity index (χ3v) is 9.95. The van der Waals surface area contributed by atoms with Crippen LogP contribution >= 0.6 is 0 Å². The smallest absolute Gasteiger partial charge is 0.394 e. The van der Waals surface area contributed by atoms with Gasteiger partial charge in [-0.3, -0.25) is 0 Å². The van der Waals surface area contributed by atoms with E-state index in [1.54, 1.807) is 55.6 Å². The number of aliphatic hydroxyl groups excluding tert-OH is 2. The molecule has 2 saturated heterocycles. The summed E-state index contributed by atoms with van der Waals surface area (Å²) < 4.78 is 82.9. The first kappa shape index (κ1) is 35.4. The number of hydrogen-bond donors (Lipinski definition) is 2. The lowest BCUT2D eigenvalue weighted by Crippen LogP contribution is -2.65. The molecular formula is C35H38F6N3O4+. The summed E-state index contributed by atoms with van der Waals surface area (Å²) in [6.07, 6.45) is -10.8. The number of benzene rings is 3. The molecule has 48 heavy (non-hydrogen) atoms. The fourth-order valence-electron chi connectivity index (χ4n) is 7.19. The Hall–Kier alpha value is -3.94. The van der Waals surface area contributed by atoms with Gasteiger partial charge in [0.2, 0.25) is 0 Å². The molecule has 2 heterocycles. The number of carbonyl (C=O) groups excluding carboxylic acids is 2. The molecule has 0 bridgehead atoms. The van der Waals surface area contributed by atoms with Crippen molar-refractivity contribution in [3.63, 3.8) is 0 Å². The van der Waals surface area contributed by atoms with Crippen LogP contribution in [0.3, 0.4) is 0 Å². The normalized spacial score (nSPS) is 23.3. The predicted octanol–water partition coefficient (Wildman–Crippen LogP) is 6.18. The summed E-state index contributed by atoms with van der Waals surface area (Å²) in [7, 11) is 1.59. The lowest BCUT2D eigenvalue weighted by molar-refractivity contribution is -0.144. The van der Waals surface area contributed by atoms with E-state index in [-0.39, 0.29) is 32.1 Å². The van der Waals surface area contributed by atoms with E-state index < -0.39 is 81.6 Å². The van der Waals surface area contributed by atoms with Crippen molar-refractivity contribution in [1.82, 2.24) is 14.3 Å². The van der Waals surface area contributed by atoms with Crippen LogP contribution in [0.15, 0.2) is 78.9 Å². The zero-order valence-electron chi connectivity index (χ0n) is 26.7. The van der Waals surface area contributed by atoms with Gasteiger partial charge in [0.1, 0.15) is 17.1 Å². The van der Waals surface area contributed by atoms with Gasteiger partial charge in [0.25, 0.3) is 0 Å². The van der Waals surface area contributed by atoms with E-state index in [1.807, 2.05) is 12.1 Å². The highest BCUT2D eigenvalue weighted by Gasteiger charge is 2.57. The van der Waals surface area contributed by atoms with Gasteiger partial charge in [0, 0.05) is 13.1 Å². The average molecular weight is 679 g/mol. The maximum Gasteiger partial charge on any atom is 0.416 e. The Labute approximate surface area is 274 Å². The topological polar surface area (TPSA) is 81.1 Å². The van der Waals surface area contributed by atoms with Gasteiger partial charge in [-0.15, -0.1) is 0 Å². The summed E-state index contributed by atoms with van der Waals surface area (Å²) in [5.41, 5.74) is -4.16. The van der Waals surface area contributed by atoms with Crippen molar-refractivity contribution in [2.24, 2.45) is 0 Å². The zero-order valence-corrected chi connectivity index (χ0v) is 26.7. The van der Waals surface area contributed by atoms with Crippen molar-refractivity contribution >= 4 is 17.6 Å². The van der Waals surface area contributed by atoms with Crippen LogP contribution in [0.2, 0.25) is 0 Å². The Morgan fingerprint density at radius 1 is 0.833 bits per heavy atom. The summed E-state index contributed by atoms with van der Waals surface area (Å²) in [4.78, 5) is 31.9. The molecule has 2 aliphatic rings. The molecule has 0 saturated carbocycles. The third-order valence-electron chi connectivity index (χ3n) is 9.95. The first-order valence-electron chi connectivity index (χ1n) is 15.6. The number of aliphatic hydroxyl groups is 2. The molecule has 2 N–H and O–H groups in total. The number of nitrogens with zero attached hydrogens (tertiary/aromatic N) is 3. The number of quaternary nitrogens is 1. The molecular weight excluding hydrogens is 640 g/mol. The number of hydrogen-bond acceptors (Lipinski definition) is 4. The number of halogens is 6. The lowest BCUT2D eigenvalue weighted by Gasteiger charge is -2.43. The minimum absolute atomic E-state index is 0.00720. The fourth-order valence-corrected chi connectivity index (χ4v) is 7.19. The molecule has 0 aromatic heterocycles. The van der Waals surface area contributed by atoms with Crippen LogP contribution < -0.4 is 4.48 Å². The van der Waals surface area contributed by atoms with Crippen LogP contribution in [-0.2, 0) is 22.6 Å². The number of urea groups is 1. The lowest BCUT2D eigenvalue weighted by atomic mass is 9.79. The van der Waals surface area contributed by atoms with E-state index in [1.165, 1.54) is 23.6 Å². The number of carbonyl (C=O) groups is 2. The molecule has 13 heteroatoms. The monoisotopic (exact) mass is 678 g/mol. The van der Waals surface area contributed by atoms with Crippen molar-refractivity contribution in [2.45, 2.75) is 62.1 Å². The molecule has 0 radical (unpaired) electrons. The summed E-state index contributed by atoms with van der Waals surface area (Å²) >= 11 is 0.